The van der Waals surface area contributed by atoms with Crippen molar-refractivity contribution < 1.29 is 22.4 Å². The van der Waals surface area contributed by atoms with Crippen molar-refractivity contribution in [2.75, 3.05) is 11.6 Å². The van der Waals surface area contributed by atoms with Gasteiger partial charge in [0.05, 0.1) is 5.56 Å². The molecule has 1 aromatic heterocycles. The summed E-state index contributed by atoms with van der Waals surface area (Å²) in [6, 6.07) is 11.1. The number of nitrogens with zero attached hydrogens (tertiary/aromatic N) is 2. The zero-order valence-corrected chi connectivity index (χ0v) is 14.2. The molecule has 0 radical (unpaired) electrons. The Morgan fingerprint density at radius 1 is 1.04 bits per heavy atom. The number of amides is 1. The Morgan fingerprint density at radius 3 is 2.27 bits per heavy atom. The van der Waals surface area contributed by atoms with Crippen LogP contribution in [-0.4, -0.2) is 22.4 Å². The van der Waals surface area contributed by atoms with Gasteiger partial charge in [-0.05, 0) is 54.8 Å². The Bertz CT molecular complexity index is 906. The standard InChI is InChI=1S/C17H12F3N3O2S/c1-26-13-8-4-10(5-9-13)14(24)21-16-23-22-15(25-16)11-2-6-12(7-3-11)17(18,19)20/h2-9H,1H3,(H,21,23,24). The number of hydrogen-bond acceptors (Lipinski definition) is 5. The minimum absolute atomic E-state index is 0.00626. The van der Waals surface area contributed by atoms with Gasteiger partial charge in [-0.15, -0.1) is 16.9 Å². The van der Waals surface area contributed by atoms with E-state index in [2.05, 4.69) is 15.5 Å². The average Bonchev–Trinajstić information content (AvgIpc) is 3.09. The molecular weight excluding hydrogens is 367 g/mol. The van der Waals surface area contributed by atoms with Crippen molar-refractivity contribution in [2.24, 2.45) is 0 Å². The quantitative estimate of drug-likeness (QED) is 0.664. The van der Waals surface area contributed by atoms with Crippen molar-refractivity contribution >= 4 is 23.7 Å². The summed E-state index contributed by atoms with van der Waals surface area (Å²) in [6.45, 7) is 0. The number of carbonyl (C=O) groups excluding carboxylic acids is 1. The van der Waals surface area contributed by atoms with Gasteiger partial charge in [0.2, 0.25) is 5.89 Å². The predicted molar refractivity (Wildman–Crippen MR) is 90.9 cm³/mol. The van der Waals surface area contributed by atoms with Crippen LogP contribution in [0.3, 0.4) is 0 Å². The highest BCUT2D eigenvalue weighted by atomic mass is 32.2. The van der Waals surface area contributed by atoms with Gasteiger partial charge < -0.3 is 4.42 Å². The molecule has 1 N–H and O–H groups in total. The minimum Gasteiger partial charge on any atom is -0.403 e. The Kier molecular flexibility index (Phi) is 4.99. The molecule has 26 heavy (non-hydrogen) atoms. The van der Waals surface area contributed by atoms with Crippen molar-refractivity contribution in [1.29, 1.82) is 0 Å². The molecule has 0 saturated heterocycles. The molecule has 0 unspecified atom stereocenters. The molecule has 0 spiro atoms. The third-order valence-electron chi connectivity index (χ3n) is 3.46. The lowest BCUT2D eigenvalue weighted by Gasteiger charge is -2.05. The third-order valence-corrected chi connectivity index (χ3v) is 4.20. The lowest BCUT2D eigenvalue weighted by atomic mass is 10.1. The molecule has 1 amide bonds. The van der Waals surface area contributed by atoms with E-state index in [4.69, 9.17) is 4.42 Å². The summed E-state index contributed by atoms with van der Waals surface area (Å²) in [5, 5.41) is 9.88. The zero-order valence-electron chi connectivity index (χ0n) is 13.4. The number of alkyl halides is 3. The highest BCUT2D eigenvalue weighted by molar-refractivity contribution is 7.98. The largest absolute Gasteiger partial charge is 0.416 e. The molecule has 9 heteroatoms. The second-order valence-electron chi connectivity index (χ2n) is 5.17. The van der Waals surface area contributed by atoms with E-state index in [0.29, 0.717) is 11.1 Å². The molecule has 0 aliphatic heterocycles. The van der Waals surface area contributed by atoms with Crippen molar-refractivity contribution in [3.05, 3.63) is 59.7 Å². The monoisotopic (exact) mass is 379 g/mol. The van der Waals surface area contributed by atoms with Crippen molar-refractivity contribution in [3.8, 4) is 11.5 Å². The van der Waals surface area contributed by atoms with E-state index in [0.717, 1.165) is 17.0 Å². The van der Waals surface area contributed by atoms with Crippen LogP contribution in [0.25, 0.3) is 11.5 Å². The molecular formula is C17H12F3N3O2S. The molecule has 0 bridgehead atoms. The maximum atomic E-state index is 12.6. The SMILES string of the molecule is CSc1ccc(C(=O)Nc2nnc(-c3ccc(C(F)(F)F)cc3)o2)cc1. The second kappa shape index (κ2) is 7.20. The van der Waals surface area contributed by atoms with Crippen LogP contribution < -0.4 is 5.32 Å². The van der Waals surface area contributed by atoms with Crippen LogP contribution in [0.15, 0.2) is 57.8 Å². The second-order valence-corrected chi connectivity index (χ2v) is 6.05. The Morgan fingerprint density at radius 2 is 1.69 bits per heavy atom. The maximum Gasteiger partial charge on any atom is 0.416 e. The Hall–Kier alpha value is -2.81. The molecule has 3 aromatic rings. The number of thioether (sulfide) groups is 1. The van der Waals surface area contributed by atoms with Gasteiger partial charge >= 0.3 is 12.2 Å². The van der Waals surface area contributed by atoms with Crippen molar-refractivity contribution in [3.63, 3.8) is 0 Å². The Labute approximate surface area is 150 Å². The number of rotatable bonds is 4. The predicted octanol–water partition coefficient (Wildman–Crippen LogP) is 4.73. The highest BCUT2D eigenvalue weighted by Crippen LogP contribution is 2.31. The summed E-state index contributed by atoms with van der Waals surface area (Å²) in [7, 11) is 0. The number of carbonyl (C=O) groups is 1. The fourth-order valence-electron chi connectivity index (χ4n) is 2.10. The average molecular weight is 379 g/mol. The molecule has 0 aliphatic rings. The summed E-state index contributed by atoms with van der Waals surface area (Å²) >= 11 is 1.55. The lowest BCUT2D eigenvalue weighted by molar-refractivity contribution is -0.137. The van der Waals surface area contributed by atoms with E-state index < -0.39 is 17.6 Å². The van der Waals surface area contributed by atoms with E-state index in [-0.39, 0.29) is 11.9 Å². The molecule has 0 saturated carbocycles. The molecule has 0 aliphatic carbocycles. The Balaban J connectivity index is 1.72. The van der Waals surface area contributed by atoms with E-state index in [1.165, 1.54) is 12.1 Å². The van der Waals surface area contributed by atoms with Crippen LogP contribution in [0.2, 0.25) is 0 Å². The van der Waals surface area contributed by atoms with Crippen LogP contribution >= 0.6 is 11.8 Å². The van der Waals surface area contributed by atoms with Crippen molar-refractivity contribution in [2.45, 2.75) is 11.1 Å². The van der Waals surface area contributed by atoms with Crippen LogP contribution in [0, 0.1) is 0 Å². The van der Waals surface area contributed by atoms with Crippen molar-refractivity contribution in [1.82, 2.24) is 10.2 Å². The molecule has 0 fully saturated rings. The summed E-state index contributed by atoms with van der Waals surface area (Å²) < 4.78 is 43.0. The summed E-state index contributed by atoms with van der Waals surface area (Å²) in [5.41, 5.74) is -0.0459. The van der Waals surface area contributed by atoms with Gasteiger partial charge in [0.15, 0.2) is 0 Å². The first-order valence-corrected chi connectivity index (χ1v) is 8.56. The van der Waals surface area contributed by atoms with E-state index in [1.54, 1.807) is 36.0 Å². The number of nitrogens with one attached hydrogen (secondary N) is 1. The number of aromatic nitrogens is 2. The van der Waals surface area contributed by atoms with Gasteiger partial charge in [-0.1, -0.05) is 5.10 Å². The topological polar surface area (TPSA) is 68.0 Å². The van der Waals surface area contributed by atoms with E-state index in [1.807, 2.05) is 6.26 Å². The molecule has 1 heterocycles. The van der Waals surface area contributed by atoms with Gasteiger partial charge in [0.25, 0.3) is 5.91 Å². The highest BCUT2D eigenvalue weighted by Gasteiger charge is 2.30. The van der Waals surface area contributed by atoms with Crippen LogP contribution in [0.1, 0.15) is 15.9 Å². The van der Waals surface area contributed by atoms with Gasteiger partial charge in [-0.25, -0.2) is 0 Å². The zero-order chi connectivity index (χ0) is 18.7. The van der Waals surface area contributed by atoms with Gasteiger partial charge in [-0.3, -0.25) is 10.1 Å². The number of benzene rings is 2. The first-order valence-electron chi connectivity index (χ1n) is 7.33. The summed E-state index contributed by atoms with van der Waals surface area (Å²) in [4.78, 5) is 13.2. The van der Waals surface area contributed by atoms with Gasteiger partial charge in [0, 0.05) is 16.0 Å². The maximum absolute atomic E-state index is 12.6. The first-order chi connectivity index (χ1) is 12.4. The summed E-state index contributed by atoms with van der Waals surface area (Å²) in [5.74, 6) is -0.424. The smallest absolute Gasteiger partial charge is 0.403 e. The van der Waals surface area contributed by atoms with Crippen LogP contribution in [0.4, 0.5) is 19.2 Å². The number of anilines is 1. The lowest BCUT2D eigenvalue weighted by Crippen LogP contribution is -2.11. The van der Waals surface area contributed by atoms with E-state index >= 15 is 0 Å². The minimum atomic E-state index is -4.42. The first kappa shape index (κ1) is 18.0. The van der Waals surface area contributed by atoms with Crippen LogP contribution in [0.5, 0.6) is 0 Å². The number of halogens is 3. The number of hydrogen-bond donors (Lipinski definition) is 1. The fraction of sp³-hybridized carbons (Fsp3) is 0.118. The molecule has 3 rings (SSSR count). The van der Waals surface area contributed by atoms with E-state index in [9.17, 15) is 18.0 Å². The van der Waals surface area contributed by atoms with Gasteiger partial charge in [-0.2, -0.15) is 13.2 Å². The van der Waals surface area contributed by atoms with Crippen LogP contribution in [-0.2, 0) is 6.18 Å². The molecule has 2 aromatic carbocycles. The molecule has 134 valence electrons. The van der Waals surface area contributed by atoms with Gasteiger partial charge in [0.1, 0.15) is 0 Å². The normalized spacial score (nSPS) is 11.4. The third kappa shape index (κ3) is 4.05. The fourth-order valence-corrected chi connectivity index (χ4v) is 2.51. The molecule has 0 atom stereocenters. The summed E-state index contributed by atoms with van der Waals surface area (Å²) in [6.07, 6.45) is -2.49. The molecule has 5 nitrogen and oxygen atoms in total.